The molecule has 2 rings (SSSR count). The summed E-state index contributed by atoms with van der Waals surface area (Å²) in [7, 11) is 1.57. The largest absolute Gasteiger partial charge is 0.495 e. The highest BCUT2D eigenvalue weighted by Gasteiger charge is 2.34. The number of thiocarbonyl (C=S) groups is 1. The number of alkyl halides is 3. The zero-order valence-corrected chi connectivity index (χ0v) is 14.7. The summed E-state index contributed by atoms with van der Waals surface area (Å²) in [5.74, 6) is 0.665. The summed E-state index contributed by atoms with van der Waals surface area (Å²) >= 11 is 5.20. The van der Waals surface area contributed by atoms with Crippen LogP contribution in [0.2, 0.25) is 0 Å². The lowest BCUT2D eigenvalue weighted by atomic mass is 10.3. The van der Waals surface area contributed by atoms with E-state index < -0.39 is 11.9 Å². The number of rotatable bonds is 6. The van der Waals surface area contributed by atoms with Crippen molar-refractivity contribution in [2.24, 2.45) is 0 Å². The maximum atomic E-state index is 12.6. The normalized spacial score (nSPS) is 11.2. The fourth-order valence-corrected chi connectivity index (χ4v) is 2.43. The van der Waals surface area contributed by atoms with Crippen molar-refractivity contribution < 1.29 is 17.9 Å². The second-order valence-corrected chi connectivity index (χ2v) is 5.73. The third-order valence-electron chi connectivity index (χ3n) is 3.46. The number of hydrogen-bond acceptors (Lipinski definition) is 3. The lowest BCUT2D eigenvalue weighted by molar-refractivity contribution is -0.141. The Labute approximate surface area is 149 Å². The van der Waals surface area contributed by atoms with Gasteiger partial charge in [0, 0.05) is 18.8 Å². The molecule has 1 heterocycles. The van der Waals surface area contributed by atoms with Crippen LogP contribution in [0.3, 0.4) is 0 Å². The first-order valence-corrected chi connectivity index (χ1v) is 8.01. The second-order valence-electron chi connectivity index (χ2n) is 5.33. The zero-order valence-electron chi connectivity index (χ0n) is 13.9. The molecule has 9 heteroatoms. The average molecular weight is 372 g/mol. The number of halogens is 3. The van der Waals surface area contributed by atoms with Crippen LogP contribution in [-0.2, 0) is 12.7 Å². The third-order valence-corrected chi connectivity index (χ3v) is 3.71. The van der Waals surface area contributed by atoms with E-state index in [0.29, 0.717) is 36.1 Å². The second kappa shape index (κ2) is 8.19. The standard InChI is InChI=1S/C16H19F3N4OS/c1-11-10-14(16(17,18)19)22-23(11)9-5-8-20-15(25)21-12-6-3-4-7-13(12)24-2/h3-4,6-7,10H,5,8-9H2,1-2H3,(H2,20,21,25). The van der Waals surface area contributed by atoms with E-state index >= 15 is 0 Å². The number of aryl methyl sites for hydroxylation is 2. The highest BCUT2D eigenvalue weighted by molar-refractivity contribution is 7.80. The Bertz CT molecular complexity index is 730. The Morgan fingerprint density at radius 3 is 2.68 bits per heavy atom. The van der Waals surface area contributed by atoms with Crippen molar-refractivity contribution in [2.45, 2.75) is 26.1 Å². The van der Waals surface area contributed by atoms with Crippen molar-refractivity contribution in [1.29, 1.82) is 0 Å². The van der Waals surface area contributed by atoms with Gasteiger partial charge in [-0.15, -0.1) is 0 Å². The molecule has 0 radical (unpaired) electrons. The van der Waals surface area contributed by atoms with Gasteiger partial charge in [-0.05, 0) is 43.8 Å². The number of hydrogen-bond donors (Lipinski definition) is 2. The summed E-state index contributed by atoms with van der Waals surface area (Å²) in [4.78, 5) is 0. The van der Waals surface area contributed by atoms with E-state index in [1.807, 2.05) is 24.3 Å². The van der Waals surface area contributed by atoms with Crippen molar-refractivity contribution in [3.8, 4) is 5.75 Å². The Morgan fingerprint density at radius 2 is 2.04 bits per heavy atom. The van der Waals surface area contributed by atoms with Crippen LogP contribution < -0.4 is 15.4 Å². The van der Waals surface area contributed by atoms with Gasteiger partial charge in [-0.2, -0.15) is 18.3 Å². The first-order chi connectivity index (χ1) is 11.8. The smallest absolute Gasteiger partial charge is 0.435 e. The summed E-state index contributed by atoms with van der Waals surface area (Å²) in [5, 5.41) is 10.0. The summed E-state index contributed by atoms with van der Waals surface area (Å²) in [6.45, 7) is 2.47. The fourth-order valence-electron chi connectivity index (χ4n) is 2.22. The zero-order chi connectivity index (χ0) is 18.4. The van der Waals surface area contributed by atoms with Crippen molar-refractivity contribution in [3.63, 3.8) is 0 Å². The Hall–Kier alpha value is -2.29. The van der Waals surface area contributed by atoms with Crippen molar-refractivity contribution in [3.05, 3.63) is 41.7 Å². The molecule has 0 aliphatic rings. The van der Waals surface area contributed by atoms with Crippen LogP contribution in [0.15, 0.2) is 30.3 Å². The Morgan fingerprint density at radius 1 is 1.32 bits per heavy atom. The van der Waals surface area contributed by atoms with Crippen LogP contribution in [0.4, 0.5) is 18.9 Å². The summed E-state index contributed by atoms with van der Waals surface area (Å²) < 4.78 is 44.4. The highest BCUT2D eigenvalue weighted by atomic mass is 32.1. The van der Waals surface area contributed by atoms with Gasteiger partial charge in [0.05, 0.1) is 12.8 Å². The summed E-state index contributed by atoms with van der Waals surface area (Å²) in [6, 6.07) is 8.39. The number of benzene rings is 1. The number of ether oxygens (including phenoxy) is 1. The topological polar surface area (TPSA) is 51.1 Å². The molecular formula is C16H19F3N4OS. The molecule has 2 aromatic rings. The van der Waals surface area contributed by atoms with Gasteiger partial charge in [-0.1, -0.05) is 12.1 Å². The van der Waals surface area contributed by atoms with Crippen molar-refractivity contribution in [2.75, 3.05) is 19.0 Å². The molecule has 0 saturated carbocycles. The lowest BCUT2D eigenvalue weighted by Crippen LogP contribution is -2.30. The van der Waals surface area contributed by atoms with Gasteiger partial charge in [0.2, 0.25) is 0 Å². The predicted octanol–water partition coefficient (Wildman–Crippen LogP) is 3.60. The Kier molecular flexibility index (Phi) is 6.24. The molecule has 0 saturated heterocycles. The van der Waals surface area contributed by atoms with E-state index in [0.717, 1.165) is 11.8 Å². The Balaban J connectivity index is 1.79. The number of para-hydroxylation sites is 2. The number of nitrogens with one attached hydrogen (secondary N) is 2. The van der Waals surface area contributed by atoms with Gasteiger partial charge < -0.3 is 15.4 Å². The number of nitrogens with zero attached hydrogens (tertiary/aromatic N) is 2. The van der Waals surface area contributed by atoms with Crippen LogP contribution in [0.25, 0.3) is 0 Å². The fraction of sp³-hybridized carbons (Fsp3) is 0.375. The molecule has 2 N–H and O–H groups in total. The molecule has 0 aliphatic carbocycles. The van der Waals surface area contributed by atoms with Crippen LogP contribution in [-0.4, -0.2) is 28.5 Å². The van der Waals surface area contributed by atoms with E-state index in [4.69, 9.17) is 17.0 Å². The first-order valence-electron chi connectivity index (χ1n) is 7.61. The van der Waals surface area contributed by atoms with Crippen LogP contribution >= 0.6 is 12.2 Å². The molecular weight excluding hydrogens is 353 g/mol. The van der Waals surface area contributed by atoms with Crippen LogP contribution in [0, 0.1) is 6.92 Å². The van der Waals surface area contributed by atoms with Crippen LogP contribution in [0.1, 0.15) is 17.8 Å². The van der Waals surface area contributed by atoms with Crippen molar-refractivity contribution in [1.82, 2.24) is 15.1 Å². The molecule has 0 atom stereocenters. The molecule has 0 bridgehead atoms. The van der Waals surface area contributed by atoms with E-state index in [-0.39, 0.29) is 0 Å². The predicted molar refractivity (Wildman–Crippen MR) is 93.8 cm³/mol. The first kappa shape index (κ1) is 19.0. The van der Waals surface area contributed by atoms with Gasteiger partial charge in [0.25, 0.3) is 0 Å². The molecule has 1 aromatic carbocycles. The minimum atomic E-state index is -4.42. The molecule has 0 amide bonds. The van der Waals surface area contributed by atoms with E-state index in [1.54, 1.807) is 14.0 Å². The van der Waals surface area contributed by atoms with Gasteiger partial charge >= 0.3 is 6.18 Å². The van der Waals surface area contributed by atoms with Gasteiger partial charge in [0.1, 0.15) is 5.75 Å². The third kappa shape index (κ3) is 5.35. The van der Waals surface area contributed by atoms with E-state index in [1.165, 1.54) is 4.68 Å². The number of methoxy groups -OCH3 is 1. The molecule has 0 unspecified atom stereocenters. The maximum Gasteiger partial charge on any atom is 0.435 e. The monoisotopic (exact) mass is 372 g/mol. The summed E-state index contributed by atoms with van der Waals surface area (Å²) in [6.07, 6.45) is -3.85. The van der Waals surface area contributed by atoms with Crippen LogP contribution in [0.5, 0.6) is 5.75 Å². The maximum absolute atomic E-state index is 12.6. The molecule has 0 fully saturated rings. The highest BCUT2D eigenvalue weighted by Crippen LogP contribution is 2.28. The number of aromatic nitrogens is 2. The molecule has 1 aromatic heterocycles. The minimum absolute atomic E-state index is 0.367. The van der Waals surface area contributed by atoms with Gasteiger partial charge in [-0.3, -0.25) is 4.68 Å². The molecule has 5 nitrogen and oxygen atoms in total. The number of anilines is 1. The molecule has 0 spiro atoms. The lowest BCUT2D eigenvalue weighted by Gasteiger charge is -2.13. The molecule has 0 aliphatic heterocycles. The van der Waals surface area contributed by atoms with Crippen molar-refractivity contribution >= 4 is 23.0 Å². The average Bonchev–Trinajstić information content (AvgIpc) is 2.93. The van der Waals surface area contributed by atoms with E-state index in [9.17, 15) is 13.2 Å². The van der Waals surface area contributed by atoms with E-state index in [2.05, 4.69) is 15.7 Å². The minimum Gasteiger partial charge on any atom is -0.495 e. The SMILES string of the molecule is COc1ccccc1NC(=S)NCCCn1nc(C(F)(F)F)cc1C. The molecule has 25 heavy (non-hydrogen) atoms. The molecule has 136 valence electrons. The summed E-state index contributed by atoms with van der Waals surface area (Å²) in [5.41, 5.74) is 0.341. The van der Waals surface area contributed by atoms with Gasteiger partial charge in [0.15, 0.2) is 10.8 Å². The van der Waals surface area contributed by atoms with Gasteiger partial charge in [-0.25, -0.2) is 0 Å². The quantitative estimate of drug-likeness (QED) is 0.599.